The number of pyridine rings is 1. The number of hydrogen-bond acceptors (Lipinski definition) is 3. The Hall–Kier alpha value is -2.17. The molecule has 0 bridgehead atoms. The van der Waals surface area contributed by atoms with E-state index in [0.717, 1.165) is 30.4 Å². The highest BCUT2D eigenvalue weighted by Crippen LogP contribution is 2.15. The lowest BCUT2D eigenvalue weighted by Gasteiger charge is -2.09. The van der Waals surface area contributed by atoms with Gasteiger partial charge in [0.2, 0.25) is 0 Å². The molecule has 2 N–H and O–H groups in total. The Morgan fingerprint density at radius 3 is 2.45 bits per heavy atom. The maximum atomic E-state index is 13.1. The Kier molecular flexibility index (Phi) is 4.87. The smallest absolute Gasteiger partial charge is 0.159 e. The molecule has 2 aromatic rings. The van der Waals surface area contributed by atoms with E-state index < -0.39 is 11.6 Å². The van der Waals surface area contributed by atoms with Crippen molar-refractivity contribution in [2.45, 2.75) is 19.9 Å². The van der Waals surface area contributed by atoms with Crippen molar-refractivity contribution in [1.29, 1.82) is 0 Å². The van der Waals surface area contributed by atoms with Crippen LogP contribution in [0.3, 0.4) is 0 Å². The van der Waals surface area contributed by atoms with Gasteiger partial charge in [0.05, 0.1) is 23.8 Å². The zero-order valence-corrected chi connectivity index (χ0v) is 11.3. The first-order chi connectivity index (χ1) is 9.69. The van der Waals surface area contributed by atoms with Gasteiger partial charge in [0.25, 0.3) is 0 Å². The van der Waals surface area contributed by atoms with Crippen LogP contribution >= 0.6 is 0 Å². The van der Waals surface area contributed by atoms with Crippen molar-refractivity contribution in [3.05, 3.63) is 53.9 Å². The molecule has 0 saturated heterocycles. The van der Waals surface area contributed by atoms with E-state index >= 15 is 0 Å². The predicted molar refractivity (Wildman–Crippen MR) is 76.7 cm³/mol. The van der Waals surface area contributed by atoms with Gasteiger partial charge in [0.15, 0.2) is 11.6 Å². The zero-order valence-electron chi connectivity index (χ0n) is 11.3. The Bertz CT molecular complexity index is 573. The molecule has 0 fully saturated rings. The molecule has 0 saturated carbocycles. The molecule has 0 aliphatic rings. The van der Waals surface area contributed by atoms with Crippen molar-refractivity contribution in [3.8, 4) is 0 Å². The summed E-state index contributed by atoms with van der Waals surface area (Å²) in [6.07, 6.45) is 4.47. The van der Waals surface area contributed by atoms with E-state index in [1.807, 2.05) is 6.07 Å². The first-order valence-electron chi connectivity index (χ1n) is 6.55. The number of nitrogens with one attached hydrogen (secondary N) is 2. The number of rotatable bonds is 6. The Morgan fingerprint density at radius 1 is 1.00 bits per heavy atom. The van der Waals surface area contributed by atoms with E-state index in [9.17, 15) is 8.78 Å². The van der Waals surface area contributed by atoms with Crippen molar-refractivity contribution in [1.82, 2.24) is 4.98 Å². The van der Waals surface area contributed by atoms with Crippen LogP contribution in [-0.2, 0) is 6.54 Å². The summed E-state index contributed by atoms with van der Waals surface area (Å²) in [6, 6.07) is 5.80. The fourth-order valence-corrected chi connectivity index (χ4v) is 1.76. The third-order valence-corrected chi connectivity index (χ3v) is 2.80. The number of nitrogens with zero attached hydrogens (tertiary/aromatic N) is 1. The van der Waals surface area contributed by atoms with Crippen LogP contribution in [-0.4, -0.2) is 11.5 Å². The molecule has 0 aliphatic carbocycles. The first kappa shape index (κ1) is 14.2. The minimum Gasteiger partial charge on any atom is -0.384 e. The summed E-state index contributed by atoms with van der Waals surface area (Å²) in [6.45, 7) is 3.38. The standard InChI is InChI=1S/C15H17F2N3/c1-2-5-19-12-7-13(10-18-9-12)20-8-11-3-4-14(16)15(17)6-11/h3-4,6-7,9-10,19-20H,2,5,8H2,1H3. The molecule has 1 heterocycles. The normalized spacial score (nSPS) is 10.3. The van der Waals surface area contributed by atoms with E-state index in [2.05, 4.69) is 22.5 Å². The fourth-order valence-electron chi connectivity index (χ4n) is 1.76. The second kappa shape index (κ2) is 6.84. The Morgan fingerprint density at radius 2 is 1.75 bits per heavy atom. The first-order valence-corrected chi connectivity index (χ1v) is 6.55. The Balaban J connectivity index is 1.97. The summed E-state index contributed by atoms with van der Waals surface area (Å²) in [5, 5.41) is 6.37. The van der Waals surface area contributed by atoms with Gasteiger partial charge in [-0.1, -0.05) is 13.0 Å². The molecule has 0 radical (unpaired) electrons. The quantitative estimate of drug-likeness (QED) is 0.843. The van der Waals surface area contributed by atoms with Gasteiger partial charge in [-0.3, -0.25) is 4.98 Å². The minimum atomic E-state index is -0.833. The lowest BCUT2D eigenvalue weighted by Crippen LogP contribution is -2.03. The van der Waals surface area contributed by atoms with Gasteiger partial charge >= 0.3 is 0 Å². The SMILES string of the molecule is CCCNc1cncc(NCc2ccc(F)c(F)c2)c1. The van der Waals surface area contributed by atoms with Crippen molar-refractivity contribution < 1.29 is 8.78 Å². The van der Waals surface area contributed by atoms with Crippen molar-refractivity contribution in [3.63, 3.8) is 0 Å². The van der Waals surface area contributed by atoms with Crippen LogP contribution in [0.1, 0.15) is 18.9 Å². The highest BCUT2D eigenvalue weighted by Gasteiger charge is 2.02. The van der Waals surface area contributed by atoms with E-state index in [1.54, 1.807) is 18.5 Å². The van der Waals surface area contributed by atoms with E-state index in [-0.39, 0.29) is 0 Å². The average molecular weight is 277 g/mol. The molecule has 2 rings (SSSR count). The van der Waals surface area contributed by atoms with Crippen LogP contribution in [0.15, 0.2) is 36.7 Å². The topological polar surface area (TPSA) is 37.0 Å². The number of anilines is 2. The van der Waals surface area contributed by atoms with Gasteiger partial charge in [-0.25, -0.2) is 8.78 Å². The number of hydrogen-bond donors (Lipinski definition) is 2. The van der Waals surface area contributed by atoms with Gasteiger partial charge in [0.1, 0.15) is 0 Å². The molecule has 0 unspecified atom stereocenters. The molecule has 0 spiro atoms. The number of halogens is 2. The monoisotopic (exact) mass is 277 g/mol. The molecule has 0 amide bonds. The maximum absolute atomic E-state index is 13.1. The minimum absolute atomic E-state index is 0.413. The summed E-state index contributed by atoms with van der Waals surface area (Å²) < 4.78 is 25.9. The molecule has 1 aromatic carbocycles. The largest absolute Gasteiger partial charge is 0.384 e. The van der Waals surface area contributed by atoms with Crippen molar-refractivity contribution in [2.24, 2.45) is 0 Å². The number of aromatic nitrogens is 1. The molecule has 0 atom stereocenters. The molecule has 0 aliphatic heterocycles. The van der Waals surface area contributed by atoms with Crippen LogP contribution < -0.4 is 10.6 Å². The zero-order chi connectivity index (χ0) is 14.4. The highest BCUT2D eigenvalue weighted by molar-refractivity contribution is 5.54. The molecule has 20 heavy (non-hydrogen) atoms. The summed E-state index contributed by atoms with van der Waals surface area (Å²) in [7, 11) is 0. The van der Waals surface area contributed by atoms with Gasteiger partial charge in [0, 0.05) is 13.1 Å². The molecule has 3 nitrogen and oxygen atoms in total. The van der Waals surface area contributed by atoms with Crippen LogP contribution in [0.4, 0.5) is 20.2 Å². The lowest BCUT2D eigenvalue weighted by atomic mass is 10.2. The lowest BCUT2D eigenvalue weighted by molar-refractivity contribution is 0.507. The maximum Gasteiger partial charge on any atom is 0.159 e. The molecule has 5 heteroatoms. The van der Waals surface area contributed by atoms with Gasteiger partial charge in [-0.2, -0.15) is 0 Å². The van der Waals surface area contributed by atoms with Crippen LogP contribution in [0.2, 0.25) is 0 Å². The summed E-state index contributed by atoms with van der Waals surface area (Å²) >= 11 is 0. The summed E-state index contributed by atoms with van der Waals surface area (Å²) in [5.74, 6) is -1.66. The van der Waals surface area contributed by atoms with E-state index in [0.29, 0.717) is 12.1 Å². The average Bonchev–Trinajstić information content (AvgIpc) is 2.47. The summed E-state index contributed by atoms with van der Waals surface area (Å²) in [4.78, 5) is 4.12. The fraction of sp³-hybridized carbons (Fsp3) is 0.267. The molecule has 106 valence electrons. The predicted octanol–water partition coefficient (Wildman–Crippen LogP) is 3.79. The second-order valence-electron chi connectivity index (χ2n) is 4.49. The Labute approximate surface area is 117 Å². The van der Waals surface area contributed by atoms with Gasteiger partial charge in [-0.15, -0.1) is 0 Å². The van der Waals surface area contributed by atoms with Crippen LogP contribution in [0.25, 0.3) is 0 Å². The number of benzene rings is 1. The van der Waals surface area contributed by atoms with Crippen LogP contribution in [0.5, 0.6) is 0 Å². The molecular weight excluding hydrogens is 260 g/mol. The third-order valence-electron chi connectivity index (χ3n) is 2.80. The third kappa shape index (κ3) is 3.91. The van der Waals surface area contributed by atoms with Crippen molar-refractivity contribution in [2.75, 3.05) is 17.2 Å². The second-order valence-corrected chi connectivity index (χ2v) is 4.49. The molecule has 1 aromatic heterocycles. The van der Waals surface area contributed by atoms with E-state index in [1.165, 1.54) is 6.07 Å². The molecular formula is C15H17F2N3. The highest BCUT2D eigenvalue weighted by atomic mass is 19.2. The van der Waals surface area contributed by atoms with Crippen LogP contribution in [0, 0.1) is 11.6 Å². The van der Waals surface area contributed by atoms with E-state index in [4.69, 9.17) is 0 Å². The van der Waals surface area contributed by atoms with Gasteiger partial charge < -0.3 is 10.6 Å². The van der Waals surface area contributed by atoms with Gasteiger partial charge in [-0.05, 0) is 30.2 Å². The van der Waals surface area contributed by atoms with Crippen molar-refractivity contribution >= 4 is 11.4 Å². The summed E-state index contributed by atoms with van der Waals surface area (Å²) in [5.41, 5.74) is 2.44.